The number of nitrogens with zero attached hydrogens (tertiary/aromatic N) is 3. The zero-order valence-electron chi connectivity index (χ0n) is 12.6. The summed E-state index contributed by atoms with van der Waals surface area (Å²) in [5, 5.41) is 0. The Morgan fingerprint density at radius 2 is 1.76 bits per heavy atom. The molecule has 0 aromatic rings. The Labute approximate surface area is 125 Å². The third kappa shape index (κ3) is 2.76. The molecule has 2 aliphatic heterocycles. The summed E-state index contributed by atoms with van der Waals surface area (Å²) >= 11 is 0. The van der Waals surface area contributed by atoms with Crippen molar-refractivity contribution >= 4 is 17.8 Å². The number of hydrogen-bond donors (Lipinski definition) is 0. The van der Waals surface area contributed by atoms with Gasteiger partial charge in [0.1, 0.15) is 6.54 Å². The number of urea groups is 1. The van der Waals surface area contributed by atoms with Gasteiger partial charge in [0.05, 0.1) is 0 Å². The number of hydrogen-bond acceptors (Lipinski definition) is 3. The molecular formula is C15H23N3O3. The van der Waals surface area contributed by atoms with Gasteiger partial charge in [0, 0.05) is 31.6 Å². The normalized spacial score (nSPS) is 24.1. The van der Waals surface area contributed by atoms with Crippen LogP contribution in [-0.4, -0.2) is 64.3 Å². The molecule has 6 heteroatoms. The number of likely N-dealkylation sites (tertiary alicyclic amines) is 1. The van der Waals surface area contributed by atoms with Crippen molar-refractivity contribution in [3.8, 4) is 0 Å². The number of carbonyl (C=O) groups excluding carboxylic acids is 3. The van der Waals surface area contributed by atoms with Gasteiger partial charge in [0.15, 0.2) is 0 Å². The van der Waals surface area contributed by atoms with Crippen LogP contribution in [0.3, 0.4) is 0 Å². The van der Waals surface area contributed by atoms with E-state index in [1.165, 1.54) is 4.90 Å². The van der Waals surface area contributed by atoms with Crippen LogP contribution in [0.1, 0.15) is 45.4 Å². The topological polar surface area (TPSA) is 60.9 Å². The van der Waals surface area contributed by atoms with Gasteiger partial charge in [-0.3, -0.25) is 14.5 Å². The smallest absolute Gasteiger partial charge is 0.327 e. The van der Waals surface area contributed by atoms with Crippen LogP contribution in [0, 0.1) is 0 Å². The average molecular weight is 293 g/mol. The van der Waals surface area contributed by atoms with E-state index in [0.29, 0.717) is 19.5 Å². The van der Waals surface area contributed by atoms with Crippen LogP contribution in [0.5, 0.6) is 0 Å². The SMILES string of the molecule is CCCC(=O)N1CCC(N2CC(=O)N(C3CC3)C2=O)CC1. The molecule has 0 bridgehead atoms. The summed E-state index contributed by atoms with van der Waals surface area (Å²) in [6, 6.07) is 0.151. The summed E-state index contributed by atoms with van der Waals surface area (Å²) < 4.78 is 0. The molecule has 0 aromatic carbocycles. The largest absolute Gasteiger partial charge is 0.343 e. The lowest BCUT2D eigenvalue weighted by atomic mass is 10.0. The predicted molar refractivity (Wildman–Crippen MR) is 76.5 cm³/mol. The third-order valence-electron chi connectivity index (χ3n) is 4.66. The number of imide groups is 1. The van der Waals surface area contributed by atoms with Crippen LogP contribution < -0.4 is 0 Å². The zero-order valence-corrected chi connectivity index (χ0v) is 12.6. The Balaban J connectivity index is 1.56. The fraction of sp³-hybridized carbons (Fsp3) is 0.800. The van der Waals surface area contributed by atoms with E-state index in [9.17, 15) is 14.4 Å². The summed E-state index contributed by atoms with van der Waals surface area (Å²) in [5.74, 6) is 0.159. The molecule has 1 saturated carbocycles. The lowest BCUT2D eigenvalue weighted by molar-refractivity contribution is -0.133. The number of carbonyl (C=O) groups is 3. The Morgan fingerprint density at radius 1 is 1.10 bits per heavy atom. The van der Waals surface area contributed by atoms with Crippen molar-refractivity contribution in [1.29, 1.82) is 0 Å². The lowest BCUT2D eigenvalue weighted by Gasteiger charge is -2.36. The fourth-order valence-corrected chi connectivity index (χ4v) is 3.31. The molecule has 0 aromatic heterocycles. The minimum Gasteiger partial charge on any atom is -0.343 e. The molecule has 3 rings (SSSR count). The first-order chi connectivity index (χ1) is 10.1. The average Bonchev–Trinajstić information content (AvgIpc) is 3.25. The fourth-order valence-electron chi connectivity index (χ4n) is 3.31. The molecular weight excluding hydrogens is 270 g/mol. The highest BCUT2D eigenvalue weighted by molar-refractivity contribution is 6.02. The number of piperidine rings is 1. The third-order valence-corrected chi connectivity index (χ3v) is 4.66. The summed E-state index contributed by atoms with van der Waals surface area (Å²) in [7, 11) is 0. The molecule has 2 heterocycles. The maximum Gasteiger partial charge on any atom is 0.327 e. The first kappa shape index (κ1) is 14.4. The molecule has 3 aliphatic rings. The number of rotatable bonds is 4. The molecule has 3 fully saturated rings. The van der Waals surface area contributed by atoms with Crippen LogP contribution in [0.15, 0.2) is 0 Å². The summed E-state index contributed by atoms with van der Waals surface area (Å²) in [6.45, 7) is 3.63. The van der Waals surface area contributed by atoms with Crippen molar-refractivity contribution < 1.29 is 14.4 Å². The van der Waals surface area contributed by atoms with Gasteiger partial charge in [-0.25, -0.2) is 4.79 Å². The molecule has 21 heavy (non-hydrogen) atoms. The zero-order chi connectivity index (χ0) is 15.0. The Hall–Kier alpha value is -1.59. The second-order valence-corrected chi connectivity index (χ2v) is 6.27. The molecule has 0 radical (unpaired) electrons. The first-order valence-electron chi connectivity index (χ1n) is 8.02. The molecule has 0 unspecified atom stereocenters. The standard InChI is InChI=1S/C15H23N3O3/c1-2-3-13(19)16-8-6-11(7-9-16)17-10-14(20)18(15(17)21)12-4-5-12/h11-12H,2-10H2,1H3. The van der Waals surface area contributed by atoms with Gasteiger partial charge in [-0.15, -0.1) is 0 Å². The van der Waals surface area contributed by atoms with Gasteiger partial charge in [0.2, 0.25) is 5.91 Å². The molecule has 1 aliphatic carbocycles. The van der Waals surface area contributed by atoms with E-state index < -0.39 is 0 Å². The van der Waals surface area contributed by atoms with E-state index in [2.05, 4.69) is 0 Å². The second-order valence-electron chi connectivity index (χ2n) is 6.27. The van der Waals surface area contributed by atoms with Gasteiger partial charge in [0.25, 0.3) is 5.91 Å². The Morgan fingerprint density at radius 3 is 2.33 bits per heavy atom. The molecule has 4 amide bonds. The predicted octanol–water partition coefficient (Wildman–Crippen LogP) is 1.20. The van der Waals surface area contributed by atoms with Crippen molar-refractivity contribution in [3.63, 3.8) is 0 Å². The van der Waals surface area contributed by atoms with E-state index in [1.54, 1.807) is 4.90 Å². The van der Waals surface area contributed by atoms with Gasteiger partial charge in [-0.05, 0) is 32.1 Å². The van der Waals surface area contributed by atoms with E-state index in [0.717, 1.165) is 32.1 Å². The molecule has 6 nitrogen and oxygen atoms in total. The minimum atomic E-state index is -0.110. The summed E-state index contributed by atoms with van der Waals surface area (Å²) in [4.78, 5) is 41.3. The minimum absolute atomic E-state index is 0.0491. The maximum atomic E-state index is 12.4. The second kappa shape index (κ2) is 5.66. The monoisotopic (exact) mass is 293 g/mol. The van der Waals surface area contributed by atoms with Crippen LogP contribution in [-0.2, 0) is 9.59 Å². The van der Waals surface area contributed by atoms with Crippen molar-refractivity contribution in [2.45, 2.75) is 57.5 Å². The van der Waals surface area contributed by atoms with Gasteiger partial charge < -0.3 is 9.80 Å². The van der Waals surface area contributed by atoms with Crippen LogP contribution >= 0.6 is 0 Å². The highest BCUT2D eigenvalue weighted by atomic mass is 16.2. The van der Waals surface area contributed by atoms with E-state index in [-0.39, 0.29) is 36.5 Å². The first-order valence-corrected chi connectivity index (χ1v) is 8.02. The van der Waals surface area contributed by atoms with E-state index >= 15 is 0 Å². The van der Waals surface area contributed by atoms with Crippen molar-refractivity contribution in [1.82, 2.24) is 14.7 Å². The van der Waals surface area contributed by atoms with Crippen molar-refractivity contribution in [2.24, 2.45) is 0 Å². The quantitative estimate of drug-likeness (QED) is 0.732. The van der Waals surface area contributed by atoms with E-state index in [4.69, 9.17) is 0 Å². The number of amides is 4. The highest BCUT2D eigenvalue weighted by Gasteiger charge is 2.47. The molecule has 0 spiro atoms. The van der Waals surface area contributed by atoms with Crippen molar-refractivity contribution in [3.05, 3.63) is 0 Å². The Kier molecular flexibility index (Phi) is 3.87. The van der Waals surface area contributed by atoms with Crippen LogP contribution in [0.4, 0.5) is 4.79 Å². The van der Waals surface area contributed by atoms with Crippen molar-refractivity contribution in [2.75, 3.05) is 19.6 Å². The molecule has 2 saturated heterocycles. The van der Waals surface area contributed by atoms with Crippen LogP contribution in [0.2, 0.25) is 0 Å². The maximum absolute atomic E-state index is 12.4. The van der Waals surface area contributed by atoms with Crippen LogP contribution in [0.25, 0.3) is 0 Å². The van der Waals surface area contributed by atoms with Gasteiger partial charge >= 0.3 is 6.03 Å². The van der Waals surface area contributed by atoms with Gasteiger partial charge in [-0.2, -0.15) is 0 Å². The summed E-state index contributed by atoms with van der Waals surface area (Å²) in [5.41, 5.74) is 0. The Bertz CT molecular complexity index is 453. The summed E-state index contributed by atoms with van der Waals surface area (Å²) in [6.07, 6.45) is 4.94. The molecule has 0 atom stereocenters. The molecule has 0 N–H and O–H groups in total. The van der Waals surface area contributed by atoms with Gasteiger partial charge in [-0.1, -0.05) is 6.92 Å². The lowest BCUT2D eigenvalue weighted by Crippen LogP contribution is -2.48. The van der Waals surface area contributed by atoms with E-state index in [1.807, 2.05) is 11.8 Å². The molecule has 116 valence electrons. The highest BCUT2D eigenvalue weighted by Crippen LogP contribution is 2.32.